The van der Waals surface area contributed by atoms with Gasteiger partial charge in [0.25, 0.3) is 0 Å². The molecule has 0 fully saturated rings. The van der Waals surface area contributed by atoms with Crippen LogP contribution >= 0.6 is 0 Å². The summed E-state index contributed by atoms with van der Waals surface area (Å²) in [7, 11) is 0. The van der Waals surface area contributed by atoms with Gasteiger partial charge in [0.2, 0.25) is 5.88 Å². The zero-order valence-electron chi connectivity index (χ0n) is 16.6. The Hall–Kier alpha value is -2.36. The van der Waals surface area contributed by atoms with Gasteiger partial charge in [-0.1, -0.05) is 39.0 Å². The highest BCUT2D eigenvalue weighted by atomic mass is 19.1. The highest BCUT2D eigenvalue weighted by Crippen LogP contribution is 2.39. The molecule has 0 bridgehead atoms. The Morgan fingerprint density at radius 1 is 1.33 bits per heavy atom. The smallest absolute Gasteiger partial charge is 0.218 e. The van der Waals surface area contributed by atoms with Gasteiger partial charge in [-0.15, -0.1) is 0 Å². The lowest BCUT2D eigenvalue weighted by atomic mass is 9.89. The fourth-order valence-corrected chi connectivity index (χ4v) is 3.51. The van der Waals surface area contributed by atoms with Crippen molar-refractivity contribution < 1.29 is 13.9 Å². The monoisotopic (exact) mass is 369 g/mol. The molecular formula is C23H28FNO2. The average molecular weight is 369 g/mol. The van der Waals surface area contributed by atoms with Crippen molar-refractivity contribution in [2.24, 2.45) is 5.92 Å². The SMILES string of the molecule is C=C(OCC)c1cc(-c2ccc(C)cc2F)c2c(n1)OC(C(C)CC)CC2. The Morgan fingerprint density at radius 3 is 2.78 bits per heavy atom. The van der Waals surface area contributed by atoms with Crippen LogP contribution in [-0.2, 0) is 11.2 Å². The molecule has 4 heteroatoms. The van der Waals surface area contributed by atoms with Gasteiger partial charge < -0.3 is 9.47 Å². The van der Waals surface area contributed by atoms with E-state index in [0.29, 0.717) is 35.4 Å². The van der Waals surface area contributed by atoms with Crippen LogP contribution in [0.3, 0.4) is 0 Å². The fraction of sp³-hybridized carbons (Fsp3) is 0.435. The van der Waals surface area contributed by atoms with Crippen molar-refractivity contribution >= 4 is 5.76 Å². The van der Waals surface area contributed by atoms with Crippen LogP contribution in [0.1, 0.15) is 50.4 Å². The summed E-state index contributed by atoms with van der Waals surface area (Å²) < 4.78 is 26.5. The summed E-state index contributed by atoms with van der Waals surface area (Å²) in [6.45, 7) is 12.6. The minimum atomic E-state index is -0.236. The number of hydrogen-bond donors (Lipinski definition) is 0. The van der Waals surface area contributed by atoms with E-state index >= 15 is 0 Å². The number of aromatic nitrogens is 1. The molecular weight excluding hydrogens is 341 g/mol. The van der Waals surface area contributed by atoms with Gasteiger partial charge >= 0.3 is 0 Å². The van der Waals surface area contributed by atoms with Gasteiger partial charge in [0.05, 0.1) is 6.61 Å². The van der Waals surface area contributed by atoms with E-state index < -0.39 is 0 Å². The number of fused-ring (bicyclic) bond motifs is 1. The minimum absolute atomic E-state index is 0.126. The van der Waals surface area contributed by atoms with E-state index in [-0.39, 0.29) is 11.9 Å². The van der Waals surface area contributed by atoms with E-state index in [9.17, 15) is 4.39 Å². The summed E-state index contributed by atoms with van der Waals surface area (Å²) in [4.78, 5) is 4.66. The second-order valence-corrected chi connectivity index (χ2v) is 7.26. The first-order chi connectivity index (χ1) is 12.9. The Kier molecular flexibility index (Phi) is 5.83. The summed E-state index contributed by atoms with van der Waals surface area (Å²) in [6.07, 6.45) is 2.91. The molecule has 0 radical (unpaired) electrons. The lowest BCUT2D eigenvalue weighted by Crippen LogP contribution is -2.30. The molecule has 2 atom stereocenters. The Balaban J connectivity index is 2.12. The molecule has 144 valence electrons. The molecule has 0 amide bonds. The second kappa shape index (κ2) is 8.12. The number of ether oxygens (including phenoxy) is 2. The van der Waals surface area contributed by atoms with Crippen LogP contribution in [0.4, 0.5) is 4.39 Å². The maximum absolute atomic E-state index is 14.7. The fourth-order valence-electron chi connectivity index (χ4n) is 3.51. The predicted molar refractivity (Wildman–Crippen MR) is 107 cm³/mol. The standard InChI is InChI=1S/C23H28FNO2/c1-6-15(4)22-11-10-18-19(17-9-8-14(3)12-20(17)24)13-21(16(5)26-7-2)25-23(18)27-22/h8-9,12-13,15,22H,5-7,10-11H2,1-4H3. The molecule has 0 saturated heterocycles. The zero-order valence-corrected chi connectivity index (χ0v) is 16.6. The van der Waals surface area contributed by atoms with Crippen molar-refractivity contribution in [2.45, 2.75) is 53.1 Å². The molecule has 3 nitrogen and oxygen atoms in total. The molecule has 0 spiro atoms. The molecule has 0 saturated carbocycles. The van der Waals surface area contributed by atoms with E-state index in [2.05, 4.69) is 25.4 Å². The maximum Gasteiger partial charge on any atom is 0.218 e. The van der Waals surface area contributed by atoms with Crippen LogP contribution in [0, 0.1) is 18.7 Å². The van der Waals surface area contributed by atoms with Gasteiger partial charge in [0.15, 0.2) is 0 Å². The summed E-state index contributed by atoms with van der Waals surface area (Å²) in [6, 6.07) is 7.19. The van der Waals surface area contributed by atoms with Gasteiger partial charge in [-0.2, -0.15) is 0 Å². The average Bonchev–Trinajstić information content (AvgIpc) is 2.66. The van der Waals surface area contributed by atoms with Crippen molar-refractivity contribution in [3.05, 3.63) is 53.5 Å². The summed E-state index contributed by atoms with van der Waals surface area (Å²) in [5, 5.41) is 0. The molecule has 0 aliphatic carbocycles. The molecule has 1 aromatic carbocycles. The van der Waals surface area contributed by atoms with Crippen LogP contribution in [0.25, 0.3) is 16.9 Å². The third kappa shape index (κ3) is 4.00. The molecule has 1 aromatic heterocycles. The van der Waals surface area contributed by atoms with Crippen molar-refractivity contribution in [2.75, 3.05) is 6.61 Å². The third-order valence-electron chi connectivity index (χ3n) is 5.33. The van der Waals surface area contributed by atoms with Crippen molar-refractivity contribution in [1.82, 2.24) is 4.98 Å². The first-order valence-electron chi connectivity index (χ1n) is 9.73. The van der Waals surface area contributed by atoms with Crippen LogP contribution in [-0.4, -0.2) is 17.7 Å². The van der Waals surface area contributed by atoms with Crippen molar-refractivity contribution in [3.8, 4) is 17.0 Å². The van der Waals surface area contributed by atoms with Crippen LogP contribution < -0.4 is 4.74 Å². The predicted octanol–water partition coefficient (Wildman–Crippen LogP) is 5.94. The largest absolute Gasteiger partial charge is 0.492 e. The Bertz CT molecular complexity index is 847. The van der Waals surface area contributed by atoms with Gasteiger partial charge in [0, 0.05) is 11.1 Å². The molecule has 0 N–H and O–H groups in total. The van der Waals surface area contributed by atoms with E-state index in [0.717, 1.165) is 36.0 Å². The molecule has 3 rings (SSSR count). The lowest BCUT2D eigenvalue weighted by molar-refractivity contribution is 0.110. The first kappa shape index (κ1) is 19.4. The Morgan fingerprint density at radius 2 is 2.11 bits per heavy atom. The number of benzene rings is 1. The maximum atomic E-state index is 14.7. The Labute approximate surface area is 161 Å². The van der Waals surface area contributed by atoms with Crippen molar-refractivity contribution in [3.63, 3.8) is 0 Å². The molecule has 2 aromatic rings. The quantitative estimate of drug-likeness (QED) is 0.590. The first-order valence-corrected chi connectivity index (χ1v) is 9.73. The number of rotatable bonds is 6. The van der Waals surface area contributed by atoms with E-state index in [1.807, 2.05) is 32.0 Å². The molecule has 1 aliphatic rings. The topological polar surface area (TPSA) is 31.4 Å². The molecule has 1 aliphatic heterocycles. The minimum Gasteiger partial charge on any atom is -0.492 e. The van der Waals surface area contributed by atoms with E-state index in [1.54, 1.807) is 6.07 Å². The highest BCUT2D eigenvalue weighted by Gasteiger charge is 2.28. The van der Waals surface area contributed by atoms with Gasteiger partial charge in [-0.25, -0.2) is 9.37 Å². The van der Waals surface area contributed by atoms with Gasteiger partial charge in [-0.3, -0.25) is 0 Å². The third-order valence-corrected chi connectivity index (χ3v) is 5.33. The van der Waals surface area contributed by atoms with Crippen LogP contribution in [0.2, 0.25) is 0 Å². The van der Waals surface area contributed by atoms with Crippen molar-refractivity contribution in [1.29, 1.82) is 0 Å². The number of pyridine rings is 1. The number of hydrogen-bond acceptors (Lipinski definition) is 3. The van der Waals surface area contributed by atoms with Crippen LogP contribution in [0.5, 0.6) is 5.88 Å². The number of aryl methyl sites for hydroxylation is 1. The highest BCUT2D eigenvalue weighted by molar-refractivity contribution is 5.74. The van der Waals surface area contributed by atoms with E-state index in [4.69, 9.17) is 9.47 Å². The van der Waals surface area contributed by atoms with E-state index in [1.165, 1.54) is 0 Å². The molecule has 27 heavy (non-hydrogen) atoms. The number of nitrogens with zero attached hydrogens (tertiary/aromatic N) is 1. The molecule has 2 heterocycles. The summed E-state index contributed by atoms with van der Waals surface area (Å²) in [5.41, 5.74) is 3.83. The summed E-state index contributed by atoms with van der Waals surface area (Å²) >= 11 is 0. The van der Waals surface area contributed by atoms with Crippen LogP contribution in [0.15, 0.2) is 30.8 Å². The summed E-state index contributed by atoms with van der Waals surface area (Å²) in [5.74, 6) is 1.27. The van der Waals surface area contributed by atoms with Gasteiger partial charge in [0.1, 0.15) is 23.4 Å². The molecule has 2 unspecified atom stereocenters. The number of halogens is 1. The second-order valence-electron chi connectivity index (χ2n) is 7.26. The lowest BCUT2D eigenvalue weighted by Gasteiger charge is -2.31. The van der Waals surface area contributed by atoms with Gasteiger partial charge in [-0.05, 0) is 55.9 Å². The normalized spacial score (nSPS) is 17.0. The zero-order chi connectivity index (χ0) is 19.6.